The van der Waals surface area contributed by atoms with Crippen LogP contribution >= 0.6 is 12.2 Å². The van der Waals surface area contributed by atoms with Gasteiger partial charge >= 0.3 is 0 Å². The highest BCUT2D eigenvalue weighted by Gasteiger charge is 2.38. The van der Waals surface area contributed by atoms with Crippen molar-refractivity contribution >= 4 is 28.8 Å². The van der Waals surface area contributed by atoms with Crippen LogP contribution in [-0.2, 0) is 4.79 Å². The Balaban J connectivity index is 1.81. The van der Waals surface area contributed by atoms with Crippen molar-refractivity contribution in [1.29, 1.82) is 0 Å². The largest absolute Gasteiger partial charge is 0.378 e. The monoisotopic (exact) mass is 296 g/mol. The van der Waals surface area contributed by atoms with Gasteiger partial charge in [-0.1, -0.05) is 60.7 Å². The molecule has 1 aliphatic heterocycles. The summed E-state index contributed by atoms with van der Waals surface area (Å²) in [4.78, 5) is 13.2. The number of hydrogen-bond donors (Lipinski definition) is 2. The third-order valence-corrected chi connectivity index (χ3v) is 4.13. The minimum atomic E-state index is -0.317. The molecular formula is C17H16N2OS. The Labute approximate surface area is 129 Å². The van der Waals surface area contributed by atoms with Crippen molar-refractivity contribution < 1.29 is 4.79 Å². The number of anilines is 1. The van der Waals surface area contributed by atoms with Gasteiger partial charge in [-0.15, -0.1) is 0 Å². The van der Waals surface area contributed by atoms with Gasteiger partial charge in [0.1, 0.15) is 0 Å². The molecule has 2 atom stereocenters. The fraction of sp³-hybridized carbons (Fsp3) is 0.176. The van der Waals surface area contributed by atoms with Crippen LogP contribution in [0.25, 0.3) is 0 Å². The van der Waals surface area contributed by atoms with Crippen LogP contribution in [0.2, 0.25) is 0 Å². The molecule has 2 N–H and O–H groups in total. The van der Waals surface area contributed by atoms with E-state index in [1.54, 1.807) is 0 Å². The van der Waals surface area contributed by atoms with Gasteiger partial charge in [0.05, 0.1) is 10.9 Å². The number of carbonyl (C=O) groups is 1. The fourth-order valence-corrected chi connectivity index (χ4v) is 3.03. The van der Waals surface area contributed by atoms with Crippen molar-refractivity contribution in [2.45, 2.75) is 5.92 Å². The smallest absolute Gasteiger partial charge is 0.235 e. The Hall–Kier alpha value is -2.20. The second kappa shape index (κ2) is 6.06. The normalized spacial score (nSPS) is 20.9. The summed E-state index contributed by atoms with van der Waals surface area (Å²) in [5.41, 5.74) is 1.93. The van der Waals surface area contributed by atoms with Gasteiger partial charge in [-0.2, -0.15) is 0 Å². The lowest BCUT2D eigenvalue weighted by Gasteiger charge is -2.18. The summed E-state index contributed by atoms with van der Waals surface area (Å²) < 4.78 is 0. The summed E-state index contributed by atoms with van der Waals surface area (Å²) in [5, 5.41) is 6.10. The molecule has 2 aromatic carbocycles. The second-order valence-corrected chi connectivity index (χ2v) is 5.54. The van der Waals surface area contributed by atoms with Gasteiger partial charge in [0.2, 0.25) is 5.91 Å². The van der Waals surface area contributed by atoms with Crippen LogP contribution in [0, 0.1) is 5.92 Å². The third-order valence-electron chi connectivity index (χ3n) is 3.73. The molecule has 1 aliphatic rings. The molecule has 0 aromatic heterocycles. The van der Waals surface area contributed by atoms with E-state index in [9.17, 15) is 4.79 Å². The number of rotatable bonds is 3. The van der Waals surface area contributed by atoms with Crippen molar-refractivity contribution in [3.8, 4) is 0 Å². The second-order valence-electron chi connectivity index (χ2n) is 5.10. The molecule has 0 bridgehead atoms. The molecule has 1 saturated heterocycles. The number of para-hydroxylation sites is 1. The SMILES string of the molecule is O=C(Nc1ccccc1)C1C(=S)NCC1c1ccccc1. The van der Waals surface area contributed by atoms with E-state index in [4.69, 9.17) is 12.2 Å². The Kier molecular flexibility index (Phi) is 3.97. The number of nitrogens with one attached hydrogen (secondary N) is 2. The maximum Gasteiger partial charge on any atom is 0.235 e. The Morgan fingerprint density at radius 1 is 1.05 bits per heavy atom. The molecule has 0 spiro atoms. The van der Waals surface area contributed by atoms with E-state index in [1.807, 2.05) is 60.7 Å². The minimum Gasteiger partial charge on any atom is -0.378 e. The first-order valence-electron chi connectivity index (χ1n) is 6.94. The molecule has 106 valence electrons. The number of hydrogen-bond acceptors (Lipinski definition) is 2. The van der Waals surface area contributed by atoms with Gasteiger partial charge in [-0.25, -0.2) is 0 Å². The van der Waals surface area contributed by atoms with Gasteiger partial charge < -0.3 is 10.6 Å². The van der Waals surface area contributed by atoms with E-state index in [-0.39, 0.29) is 17.7 Å². The van der Waals surface area contributed by atoms with Crippen LogP contribution in [0.5, 0.6) is 0 Å². The topological polar surface area (TPSA) is 41.1 Å². The van der Waals surface area contributed by atoms with Gasteiger partial charge in [0, 0.05) is 18.2 Å². The van der Waals surface area contributed by atoms with E-state index in [0.29, 0.717) is 11.5 Å². The van der Waals surface area contributed by atoms with Gasteiger partial charge in [0.25, 0.3) is 0 Å². The number of carbonyl (C=O) groups excluding carboxylic acids is 1. The maximum absolute atomic E-state index is 12.6. The predicted octanol–water partition coefficient (Wildman–Crippen LogP) is 2.96. The molecule has 4 heteroatoms. The molecule has 0 radical (unpaired) electrons. The van der Waals surface area contributed by atoms with Gasteiger partial charge in [-0.05, 0) is 17.7 Å². The molecule has 3 nitrogen and oxygen atoms in total. The molecule has 2 unspecified atom stereocenters. The van der Waals surface area contributed by atoms with Crippen LogP contribution in [0.15, 0.2) is 60.7 Å². The zero-order chi connectivity index (χ0) is 14.7. The van der Waals surface area contributed by atoms with Crippen molar-refractivity contribution in [2.24, 2.45) is 5.92 Å². The summed E-state index contributed by atoms with van der Waals surface area (Å²) >= 11 is 5.34. The van der Waals surface area contributed by atoms with E-state index in [1.165, 1.54) is 0 Å². The zero-order valence-corrected chi connectivity index (χ0v) is 12.3. The molecule has 21 heavy (non-hydrogen) atoms. The molecule has 1 heterocycles. The first kappa shape index (κ1) is 13.8. The van der Waals surface area contributed by atoms with Crippen LogP contribution in [0.3, 0.4) is 0 Å². The molecule has 0 saturated carbocycles. The first-order valence-corrected chi connectivity index (χ1v) is 7.35. The molecule has 0 aliphatic carbocycles. The van der Waals surface area contributed by atoms with Crippen LogP contribution in [0.4, 0.5) is 5.69 Å². The Morgan fingerprint density at radius 2 is 1.67 bits per heavy atom. The third kappa shape index (κ3) is 2.95. The molecule has 1 amide bonds. The lowest BCUT2D eigenvalue weighted by molar-refractivity contribution is -0.118. The summed E-state index contributed by atoms with van der Waals surface area (Å²) in [6, 6.07) is 19.5. The van der Waals surface area contributed by atoms with E-state index in [2.05, 4.69) is 10.6 Å². The predicted molar refractivity (Wildman–Crippen MR) is 88.3 cm³/mol. The number of amides is 1. The first-order chi connectivity index (χ1) is 10.3. The molecule has 1 fully saturated rings. The fourth-order valence-electron chi connectivity index (χ4n) is 2.67. The Bertz CT molecular complexity index is 642. The van der Waals surface area contributed by atoms with E-state index in [0.717, 1.165) is 11.3 Å². The lowest BCUT2D eigenvalue weighted by atomic mass is 9.88. The maximum atomic E-state index is 12.6. The van der Waals surface area contributed by atoms with Crippen LogP contribution in [-0.4, -0.2) is 17.4 Å². The van der Waals surface area contributed by atoms with Crippen LogP contribution < -0.4 is 10.6 Å². The van der Waals surface area contributed by atoms with E-state index >= 15 is 0 Å². The average Bonchev–Trinajstić information content (AvgIpc) is 2.91. The highest BCUT2D eigenvalue weighted by Crippen LogP contribution is 2.30. The van der Waals surface area contributed by atoms with E-state index < -0.39 is 0 Å². The summed E-state index contributed by atoms with van der Waals surface area (Å²) in [5.74, 6) is -0.282. The minimum absolute atomic E-state index is 0.0509. The molecule has 2 aromatic rings. The highest BCUT2D eigenvalue weighted by atomic mass is 32.1. The summed E-state index contributed by atoms with van der Waals surface area (Å²) in [7, 11) is 0. The average molecular weight is 296 g/mol. The standard InChI is InChI=1S/C17H16N2OS/c20-16(19-13-9-5-2-6-10-13)15-14(11-18-17(15)21)12-7-3-1-4-8-12/h1-10,14-15H,11H2,(H,18,21)(H,19,20). The van der Waals surface area contributed by atoms with Crippen molar-refractivity contribution in [3.63, 3.8) is 0 Å². The zero-order valence-electron chi connectivity index (χ0n) is 11.5. The van der Waals surface area contributed by atoms with Crippen molar-refractivity contribution in [1.82, 2.24) is 5.32 Å². The number of benzene rings is 2. The van der Waals surface area contributed by atoms with Gasteiger partial charge in [-0.3, -0.25) is 4.79 Å². The highest BCUT2D eigenvalue weighted by molar-refractivity contribution is 7.80. The van der Waals surface area contributed by atoms with Gasteiger partial charge in [0.15, 0.2) is 0 Å². The molecular weight excluding hydrogens is 280 g/mol. The Morgan fingerprint density at radius 3 is 2.33 bits per heavy atom. The summed E-state index contributed by atoms with van der Waals surface area (Å²) in [6.07, 6.45) is 0. The quantitative estimate of drug-likeness (QED) is 0.856. The molecule has 3 rings (SSSR count). The summed E-state index contributed by atoms with van der Waals surface area (Å²) in [6.45, 7) is 0.704. The van der Waals surface area contributed by atoms with Crippen molar-refractivity contribution in [2.75, 3.05) is 11.9 Å². The number of thiocarbonyl (C=S) groups is 1. The van der Waals surface area contributed by atoms with Crippen molar-refractivity contribution in [3.05, 3.63) is 66.2 Å². The lowest BCUT2D eigenvalue weighted by Crippen LogP contribution is -2.31. The van der Waals surface area contributed by atoms with Crippen LogP contribution in [0.1, 0.15) is 11.5 Å².